The Hall–Kier alpha value is -2.10. The van der Waals surface area contributed by atoms with Gasteiger partial charge in [-0.15, -0.1) is 0 Å². The first-order chi connectivity index (χ1) is 12.9. The largest absolute Gasteiger partial charge is 0.387 e. The normalized spacial score (nSPS) is 23.3. The molecule has 0 spiro atoms. The molecule has 1 aliphatic rings. The van der Waals surface area contributed by atoms with Crippen molar-refractivity contribution in [3.63, 3.8) is 0 Å². The van der Waals surface area contributed by atoms with Crippen LogP contribution in [0, 0.1) is 26.1 Å². The Bertz CT molecular complexity index is 668. The van der Waals surface area contributed by atoms with Crippen LogP contribution < -0.4 is 5.32 Å². The maximum atomic E-state index is 11.3. The van der Waals surface area contributed by atoms with Gasteiger partial charge >= 0.3 is 0 Å². The average molecular weight is 381 g/mol. The molecule has 4 atom stereocenters. The van der Waals surface area contributed by atoms with E-state index in [0.29, 0.717) is 12.5 Å². The fourth-order valence-electron chi connectivity index (χ4n) is 3.70. The summed E-state index contributed by atoms with van der Waals surface area (Å²) >= 11 is 0. The number of nitro groups is 2. The maximum absolute atomic E-state index is 11.3. The van der Waals surface area contributed by atoms with E-state index in [1.807, 2.05) is 6.92 Å². The number of hydrogen-bond acceptors (Lipinski definition) is 7. The van der Waals surface area contributed by atoms with Crippen molar-refractivity contribution in [3.05, 3.63) is 44.0 Å². The Morgan fingerprint density at radius 2 is 2.00 bits per heavy atom. The molecule has 0 bridgehead atoms. The van der Waals surface area contributed by atoms with Gasteiger partial charge in [0, 0.05) is 25.3 Å². The summed E-state index contributed by atoms with van der Waals surface area (Å²) in [5, 5.41) is 35.9. The first-order valence-electron chi connectivity index (χ1n) is 9.34. The number of nitrogens with one attached hydrogen (secondary N) is 1. The molecule has 9 nitrogen and oxygen atoms in total. The first-order valence-corrected chi connectivity index (χ1v) is 9.34. The van der Waals surface area contributed by atoms with Crippen molar-refractivity contribution in [3.8, 4) is 0 Å². The van der Waals surface area contributed by atoms with Crippen LogP contribution in [0.15, 0.2) is 18.2 Å². The summed E-state index contributed by atoms with van der Waals surface area (Å²) in [6.45, 7) is 4.95. The van der Waals surface area contributed by atoms with Crippen LogP contribution >= 0.6 is 0 Å². The highest BCUT2D eigenvalue weighted by Crippen LogP contribution is 2.33. The smallest absolute Gasteiger partial charge is 0.282 e. The quantitative estimate of drug-likeness (QED) is 0.471. The summed E-state index contributed by atoms with van der Waals surface area (Å²) in [6, 6.07) is 3.38. The van der Waals surface area contributed by atoms with Gasteiger partial charge in [-0.25, -0.2) is 0 Å². The SMILES string of the molecule is CCCOC1CCC(CC)C1NCC(O)c1ccc([N+](=O)[O-])cc1[N+](=O)[O-]. The molecule has 9 heteroatoms. The van der Waals surface area contributed by atoms with Crippen molar-refractivity contribution in [1.29, 1.82) is 0 Å². The molecule has 4 unspecified atom stereocenters. The molecule has 27 heavy (non-hydrogen) atoms. The number of nitrogens with zero attached hydrogens (tertiary/aromatic N) is 2. The molecule has 2 N–H and O–H groups in total. The Morgan fingerprint density at radius 1 is 1.26 bits per heavy atom. The molecule has 0 amide bonds. The summed E-state index contributed by atoms with van der Waals surface area (Å²) < 4.78 is 5.91. The average Bonchev–Trinajstić information content (AvgIpc) is 3.05. The summed E-state index contributed by atoms with van der Waals surface area (Å²) in [5.74, 6) is 0.422. The second-order valence-electron chi connectivity index (χ2n) is 6.86. The van der Waals surface area contributed by atoms with E-state index in [4.69, 9.17) is 4.74 Å². The first kappa shape index (κ1) is 21.2. The van der Waals surface area contributed by atoms with Crippen molar-refractivity contribution in [2.75, 3.05) is 13.2 Å². The predicted octanol–water partition coefficient (Wildman–Crippen LogP) is 3.11. The van der Waals surface area contributed by atoms with Crippen molar-refractivity contribution in [2.45, 2.75) is 57.8 Å². The van der Waals surface area contributed by atoms with Gasteiger partial charge in [-0.2, -0.15) is 0 Å². The number of aliphatic hydroxyl groups is 1. The fraction of sp³-hybridized carbons (Fsp3) is 0.667. The molecule has 0 aliphatic heterocycles. The van der Waals surface area contributed by atoms with Gasteiger partial charge in [0.05, 0.1) is 33.7 Å². The topological polar surface area (TPSA) is 128 Å². The van der Waals surface area contributed by atoms with E-state index in [-0.39, 0.29) is 29.9 Å². The lowest BCUT2D eigenvalue weighted by molar-refractivity contribution is -0.394. The molecule has 1 fully saturated rings. The lowest BCUT2D eigenvalue weighted by Gasteiger charge is -2.27. The number of hydrogen-bond donors (Lipinski definition) is 2. The Labute approximate surface area is 158 Å². The molecule has 1 saturated carbocycles. The summed E-state index contributed by atoms with van der Waals surface area (Å²) in [4.78, 5) is 20.7. The molecule has 0 heterocycles. The van der Waals surface area contributed by atoms with Gasteiger partial charge in [-0.1, -0.05) is 20.3 Å². The van der Waals surface area contributed by atoms with Crippen LogP contribution in [0.2, 0.25) is 0 Å². The second-order valence-corrected chi connectivity index (χ2v) is 6.86. The number of nitro benzene ring substituents is 2. The number of benzene rings is 1. The predicted molar refractivity (Wildman–Crippen MR) is 99.5 cm³/mol. The number of ether oxygens (including phenoxy) is 1. The number of non-ortho nitro benzene ring substituents is 1. The summed E-state index contributed by atoms with van der Waals surface area (Å²) in [5.41, 5.74) is -0.758. The minimum absolute atomic E-state index is 0.0638. The third-order valence-corrected chi connectivity index (χ3v) is 5.12. The highest BCUT2D eigenvalue weighted by molar-refractivity contribution is 5.50. The van der Waals surface area contributed by atoms with Crippen molar-refractivity contribution >= 4 is 11.4 Å². The Balaban J connectivity index is 2.10. The van der Waals surface area contributed by atoms with Gasteiger partial charge in [-0.3, -0.25) is 20.2 Å². The van der Waals surface area contributed by atoms with Crippen LogP contribution in [0.5, 0.6) is 0 Å². The zero-order valence-electron chi connectivity index (χ0n) is 15.7. The van der Waals surface area contributed by atoms with Crippen molar-refractivity contribution in [2.24, 2.45) is 5.92 Å². The molecule has 0 aromatic heterocycles. The monoisotopic (exact) mass is 381 g/mol. The zero-order chi connectivity index (χ0) is 20.0. The zero-order valence-corrected chi connectivity index (χ0v) is 15.7. The second kappa shape index (κ2) is 9.72. The lowest BCUT2D eigenvalue weighted by atomic mass is 9.99. The number of aliphatic hydroxyl groups excluding tert-OH is 1. The molecule has 0 saturated heterocycles. The third-order valence-electron chi connectivity index (χ3n) is 5.12. The van der Waals surface area contributed by atoms with E-state index in [9.17, 15) is 25.3 Å². The minimum Gasteiger partial charge on any atom is -0.387 e. The van der Waals surface area contributed by atoms with E-state index < -0.39 is 21.6 Å². The molecular formula is C18H27N3O6. The third kappa shape index (κ3) is 5.21. The lowest BCUT2D eigenvalue weighted by Crippen LogP contribution is -2.43. The Morgan fingerprint density at radius 3 is 2.59 bits per heavy atom. The summed E-state index contributed by atoms with van der Waals surface area (Å²) in [6.07, 6.45) is 2.82. The van der Waals surface area contributed by atoms with Crippen LogP contribution in [-0.4, -0.2) is 40.3 Å². The highest BCUT2D eigenvalue weighted by Gasteiger charge is 2.36. The van der Waals surface area contributed by atoms with E-state index in [0.717, 1.165) is 31.7 Å². The van der Waals surface area contributed by atoms with Gasteiger partial charge in [0.15, 0.2) is 0 Å². The van der Waals surface area contributed by atoms with Gasteiger partial charge in [0.25, 0.3) is 11.4 Å². The molecule has 0 radical (unpaired) electrons. The van der Waals surface area contributed by atoms with Crippen molar-refractivity contribution < 1.29 is 19.7 Å². The van der Waals surface area contributed by atoms with Gasteiger partial charge < -0.3 is 15.2 Å². The number of rotatable bonds is 10. The molecule has 1 aliphatic carbocycles. The van der Waals surface area contributed by atoms with Gasteiger partial charge in [0.2, 0.25) is 0 Å². The molecule has 1 aromatic rings. The van der Waals surface area contributed by atoms with Gasteiger partial charge in [-0.05, 0) is 31.2 Å². The van der Waals surface area contributed by atoms with Crippen LogP contribution in [0.1, 0.15) is 51.2 Å². The van der Waals surface area contributed by atoms with E-state index in [1.54, 1.807) is 0 Å². The van der Waals surface area contributed by atoms with Crippen molar-refractivity contribution in [1.82, 2.24) is 5.32 Å². The molecule has 1 aromatic carbocycles. The van der Waals surface area contributed by atoms with E-state index >= 15 is 0 Å². The van der Waals surface area contributed by atoms with Crippen LogP contribution in [0.3, 0.4) is 0 Å². The molecule has 2 rings (SSSR count). The minimum atomic E-state index is -1.14. The fourth-order valence-corrected chi connectivity index (χ4v) is 3.70. The maximum Gasteiger partial charge on any atom is 0.282 e. The van der Waals surface area contributed by atoms with E-state index in [2.05, 4.69) is 12.2 Å². The highest BCUT2D eigenvalue weighted by atomic mass is 16.6. The van der Waals surface area contributed by atoms with E-state index in [1.165, 1.54) is 12.1 Å². The summed E-state index contributed by atoms with van der Waals surface area (Å²) in [7, 11) is 0. The standard InChI is InChI=1S/C18H27N3O6/c1-3-9-27-17-8-5-12(4-2)18(17)19-11-16(22)14-7-6-13(20(23)24)10-15(14)21(25)26/h6-7,10,12,16-19,22H,3-5,8-9,11H2,1-2H3. The molecule has 150 valence electrons. The van der Waals surface area contributed by atoms with Gasteiger partial charge in [0.1, 0.15) is 0 Å². The van der Waals surface area contributed by atoms with Crippen LogP contribution in [0.25, 0.3) is 0 Å². The molecular weight excluding hydrogens is 354 g/mol. The Kier molecular flexibility index (Phi) is 7.64. The van der Waals surface area contributed by atoms with Crippen LogP contribution in [-0.2, 0) is 4.74 Å². The van der Waals surface area contributed by atoms with Crippen LogP contribution in [0.4, 0.5) is 11.4 Å².